The van der Waals surface area contributed by atoms with Crippen molar-refractivity contribution in [3.05, 3.63) is 59.4 Å². The summed E-state index contributed by atoms with van der Waals surface area (Å²) in [5.74, 6) is -0.861. The van der Waals surface area contributed by atoms with Gasteiger partial charge in [-0.1, -0.05) is 37.3 Å². The molecule has 0 radical (unpaired) electrons. The molecule has 0 bridgehead atoms. The highest BCUT2D eigenvalue weighted by Gasteiger charge is 2.26. The third kappa shape index (κ3) is 3.78. The number of hydrogen-bond donors (Lipinski definition) is 3. The number of aliphatic hydroxyl groups is 1. The molecule has 0 aliphatic heterocycles. The van der Waals surface area contributed by atoms with Crippen LogP contribution in [0.3, 0.4) is 0 Å². The van der Waals surface area contributed by atoms with Crippen LogP contribution in [0.15, 0.2) is 42.6 Å². The van der Waals surface area contributed by atoms with Crippen molar-refractivity contribution in [2.45, 2.75) is 12.3 Å². The largest absolute Gasteiger partial charge is 0.464 e. The summed E-state index contributed by atoms with van der Waals surface area (Å²) < 4.78 is 4.58. The standard InChI is InChI=1S/C17H20N2O4/c1-17(11-20,13-6-4-3-5-7-13)10-19-15(21)12-8-14(18-9-12)16(22)23-2/h3-9,18,20H,10-11H2,1-2H3,(H,19,21). The molecule has 0 spiro atoms. The first kappa shape index (κ1) is 16.8. The molecule has 6 nitrogen and oxygen atoms in total. The van der Waals surface area contributed by atoms with Crippen molar-refractivity contribution in [3.8, 4) is 0 Å². The zero-order valence-electron chi connectivity index (χ0n) is 13.1. The summed E-state index contributed by atoms with van der Waals surface area (Å²) in [5, 5.41) is 12.5. The van der Waals surface area contributed by atoms with Gasteiger partial charge in [0.15, 0.2) is 0 Å². The molecule has 0 aliphatic rings. The molecule has 0 aliphatic carbocycles. The normalized spacial score (nSPS) is 13.2. The lowest BCUT2D eigenvalue weighted by atomic mass is 9.83. The van der Waals surface area contributed by atoms with Crippen LogP contribution in [-0.2, 0) is 10.2 Å². The van der Waals surface area contributed by atoms with Gasteiger partial charge >= 0.3 is 5.97 Å². The molecule has 1 atom stereocenters. The topological polar surface area (TPSA) is 91.4 Å². The van der Waals surface area contributed by atoms with Crippen LogP contribution in [0.5, 0.6) is 0 Å². The summed E-state index contributed by atoms with van der Waals surface area (Å²) in [7, 11) is 1.27. The number of esters is 1. The SMILES string of the molecule is COC(=O)c1cc(C(=O)NCC(C)(CO)c2ccccc2)c[nH]1. The number of aliphatic hydroxyl groups excluding tert-OH is 1. The summed E-state index contributed by atoms with van der Waals surface area (Å²) in [6.45, 7) is 2.04. The number of amides is 1. The first-order valence-corrected chi connectivity index (χ1v) is 7.21. The van der Waals surface area contributed by atoms with E-state index in [1.807, 2.05) is 37.3 Å². The molecule has 1 aromatic heterocycles. The van der Waals surface area contributed by atoms with Crippen LogP contribution in [0.1, 0.15) is 33.3 Å². The number of H-pyrrole nitrogens is 1. The molecule has 0 fully saturated rings. The van der Waals surface area contributed by atoms with E-state index in [4.69, 9.17) is 0 Å². The number of aromatic amines is 1. The third-order valence-electron chi connectivity index (χ3n) is 3.81. The fraction of sp³-hybridized carbons (Fsp3) is 0.294. The number of rotatable bonds is 6. The smallest absolute Gasteiger partial charge is 0.354 e. The predicted molar refractivity (Wildman–Crippen MR) is 85.3 cm³/mol. The maximum atomic E-state index is 12.2. The van der Waals surface area contributed by atoms with Crippen LogP contribution in [0.25, 0.3) is 0 Å². The summed E-state index contributed by atoms with van der Waals surface area (Å²) >= 11 is 0. The van der Waals surface area contributed by atoms with Crippen LogP contribution in [-0.4, -0.2) is 42.2 Å². The number of carbonyl (C=O) groups excluding carboxylic acids is 2. The molecule has 1 amide bonds. The number of ether oxygens (including phenoxy) is 1. The van der Waals surface area contributed by atoms with Crippen molar-refractivity contribution in [1.82, 2.24) is 10.3 Å². The second-order valence-electron chi connectivity index (χ2n) is 5.56. The van der Waals surface area contributed by atoms with Crippen LogP contribution in [0.2, 0.25) is 0 Å². The number of nitrogens with one attached hydrogen (secondary N) is 2. The lowest BCUT2D eigenvalue weighted by Gasteiger charge is -2.28. The summed E-state index contributed by atoms with van der Waals surface area (Å²) in [4.78, 5) is 26.3. The van der Waals surface area contributed by atoms with Crippen LogP contribution >= 0.6 is 0 Å². The maximum Gasteiger partial charge on any atom is 0.354 e. The van der Waals surface area contributed by atoms with E-state index >= 15 is 0 Å². The van der Waals surface area contributed by atoms with E-state index in [-0.39, 0.29) is 24.8 Å². The molecule has 1 aromatic carbocycles. The van der Waals surface area contributed by atoms with E-state index < -0.39 is 11.4 Å². The summed E-state index contributed by atoms with van der Waals surface area (Å²) in [5.41, 5.74) is 0.898. The van der Waals surface area contributed by atoms with E-state index in [1.165, 1.54) is 19.4 Å². The highest BCUT2D eigenvalue weighted by molar-refractivity contribution is 5.97. The summed E-state index contributed by atoms with van der Waals surface area (Å²) in [6, 6.07) is 10.9. The average molecular weight is 316 g/mol. The van der Waals surface area contributed by atoms with E-state index in [9.17, 15) is 14.7 Å². The number of hydrogen-bond acceptors (Lipinski definition) is 4. The minimum Gasteiger partial charge on any atom is -0.464 e. The molecule has 23 heavy (non-hydrogen) atoms. The Hall–Kier alpha value is -2.60. The maximum absolute atomic E-state index is 12.2. The van der Waals surface area contributed by atoms with Crippen molar-refractivity contribution in [2.24, 2.45) is 0 Å². The Balaban J connectivity index is 2.05. The fourth-order valence-electron chi connectivity index (χ4n) is 2.22. The monoisotopic (exact) mass is 316 g/mol. The van der Waals surface area contributed by atoms with Crippen molar-refractivity contribution in [3.63, 3.8) is 0 Å². The number of benzene rings is 1. The Kier molecular flexibility index (Phi) is 5.18. The van der Waals surface area contributed by atoms with Gasteiger partial charge in [-0.25, -0.2) is 4.79 Å². The molecule has 6 heteroatoms. The predicted octanol–water partition coefficient (Wildman–Crippen LogP) is 1.48. The van der Waals surface area contributed by atoms with Crippen LogP contribution in [0.4, 0.5) is 0 Å². The Bertz CT molecular complexity index is 681. The van der Waals surface area contributed by atoms with Crippen molar-refractivity contribution in [2.75, 3.05) is 20.3 Å². The van der Waals surface area contributed by atoms with Crippen molar-refractivity contribution < 1.29 is 19.4 Å². The van der Waals surface area contributed by atoms with E-state index in [2.05, 4.69) is 15.0 Å². The minimum absolute atomic E-state index is 0.0994. The second-order valence-corrected chi connectivity index (χ2v) is 5.56. The first-order chi connectivity index (χ1) is 11.0. The lowest BCUT2D eigenvalue weighted by Crippen LogP contribution is -2.41. The van der Waals surface area contributed by atoms with Gasteiger partial charge in [0.25, 0.3) is 5.91 Å². The minimum atomic E-state index is -0.585. The molecular weight excluding hydrogens is 296 g/mol. The second kappa shape index (κ2) is 7.11. The van der Waals surface area contributed by atoms with Gasteiger partial charge in [-0.2, -0.15) is 0 Å². The molecule has 122 valence electrons. The Labute approximate surface area is 134 Å². The Morgan fingerprint density at radius 2 is 2.00 bits per heavy atom. The zero-order chi connectivity index (χ0) is 16.9. The van der Waals surface area contributed by atoms with E-state index in [0.717, 1.165) is 5.56 Å². The molecule has 3 N–H and O–H groups in total. The van der Waals surface area contributed by atoms with Gasteiger partial charge in [-0.15, -0.1) is 0 Å². The Morgan fingerprint density at radius 3 is 2.61 bits per heavy atom. The highest BCUT2D eigenvalue weighted by atomic mass is 16.5. The van der Waals surface area contributed by atoms with Gasteiger partial charge in [0.2, 0.25) is 0 Å². The van der Waals surface area contributed by atoms with Gasteiger partial charge in [-0.05, 0) is 11.6 Å². The molecular formula is C17H20N2O4. The van der Waals surface area contributed by atoms with E-state index in [0.29, 0.717) is 5.56 Å². The molecule has 1 unspecified atom stereocenters. The summed E-state index contributed by atoms with van der Waals surface area (Å²) in [6.07, 6.45) is 1.44. The van der Waals surface area contributed by atoms with Gasteiger partial charge < -0.3 is 20.1 Å². The van der Waals surface area contributed by atoms with Crippen LogP contribution in [0, 0.1) is 0 Å². The quantitative estimate of drug-likeness (QED) is 0.704. The van der Waals surface area contributed by atoms with Crippen molar-refractivity contribution >= 4 is 11.9 Å². The first-order valence-electron chi connectivity index (χ1n) is 7.21. The molecule has 0 saturated carbocycles. The molecule has 1 heterocycles. The lowest BCUT2D eigenvalue weighted by molar-refractivity contribution is 0.0595. The number of carbonyl (C=O) groups is 2. The van der Waals surface area contributed by atoms with Gasteiger partial charge in [0, 0.05) is 18.2 Å². The molecule has 2 aromatic rings. The van der Waals surface area contributed by atoms with Crippen molar-refractivity contribution in [1.29, 1.82) is 0 Å². The number of methoxy groups -OCH3 is 1. The van der Waals surface area contributed by atoms with Gasteiger partial charge in [0.1, 0.15) is 5.69 Å². The highest BCUT2D eigenvalue weighted by Crippen LogP contribution is 2.22. The third-order valence-corrected chi connectivity index (χ3v) is 3.81. The van der Waals surface area contributed by atoms with Gasteiger partial charge in [-0.3, -0.25) is 4.79 Å². The molecule has 0 saturated heterocycles. The fourth-order valence-corrected chi connectivity index (χ4v) is 2.22. The number of aromatic nitrogens is 1. The Morgan fingerprint density at radius 1 is 1.30 bits per heavy atom. The zero-order valence-corrected chi connectivity index (χ0v) is 13.1. The molecule has 2 rings (SSSR count). The van der Waals surface area contributed by atoms with Crippen LogP contribution < -0.4 is 5.32 Å². The average Bonchev–Trinajstić information content (AvgIpc) is 3.09. The van der Waals surface area contributed by atoms with Gasteiger partial charge in [0.05, 0.1) is 19.3 Å². The van der Waals surface area contributed by atoms with E-state index in [1.54, 1.807) is 0 Å².